The quantitative estimate of drug-likeness (QED) is 0.828. The predicted molar refractivity (Wildman–Crippen MR) is 59.3 cm³/mol. The van der Waals surface area contributed by atoms with Gasteiger partial charge in [0.15, 0.2) is 0 Å². The molecule has 1 N–H and O–H groups in total. The van der Waals surface area contributed by atoms with Gasteiger partial charge < -0.3 is 5.11 Å². The lowest BCUT2D eigenvalue weighted by Crippen LogP contribution is -2.43. The van der Waals surface area contributed by atoms with Crippen LogP contribution in [0.4, 0.5) is 0 Å². The first-order valence-corrected chi connectivity index (χ1v) is 5.95. The van der Waals surface area contributed by atoms with Gasteiger partial charge in [0, 0.05) is 12.0 Å². The van der Waals surface area contributed by atoms with E-state index in [2.05, 4.69) is 4.98 Å². The van der Waals surface area contributed by atoms with Crippen LogP contribution in [0.1, 0.15) is 43.7 Å². The van der Waals surface area contributed by atoms with Crippen LogP contribution in [0, 0.1) is 0 Å². The van der Waals surface area contributed by atoms with Crippen LogP contribution >= 0.6 is 0 Å². The molecular weight excluding hydrogens is 204 g/mol. The molecule has 0 radical (unpaired) electrons. The molecule has 2 fully saturated rings. The Balaban J connectivity index is 1.81. The maximum atomic E-state index is 11.8. The van der Waals surface area contributed by atoms with E-state index >= 15 is 0 Å². The largest absolute Gasteiger partial charge is 0.388 e. The number of hydrogen-bond donors (Lipinski definition) is 1. The molecule has 0 bridgehead atoms. The van der Waals surface area contributed by atoms with Gasteiger partial charge in [0.05, 0.1) is 24.2 Å². The molecule has 2 aliphatic carbocycles. The predicted octanol–water partition coefficient (Wildman–Crippen LogP) is 1.04. The zero-order chi connectivity index (χ0) is 11.2. The van der Waals surface area contributed by atoms with Crippen molar-refractivity contribution in [3.63, 3.8) is 0 Å². The standard InChI is InChI=1S/C12H16N2O2/c15-11-6-10(9-2-3-9)13-8-14(11)7-12(16)4-1-5-12/h6,8-9,16H,1-5,7H2. The van der Waals surface area contributed by atoms with Crippen molar-refractivity contribution in [3.8, 4) is 0 Å². The van der Waals surface area contributed by atoms with Gasteiger partial charge in [-0.15, -0.1) is 0 Å². The Bertz CT molecular complexity index is 458. The van der Waals surface area contributed by atoms with Gasteiger partial charge in [0.25, 0.3) is 5.56 Å². The van der Waals surface area contributed by atoms with Crippen molar-refractivity contribution in [2.45, 2.75) is 50.2 Å². The van der Waals surface area contributed by atoms with Crippen molar-refractivity contribution in [2.24, 2.45) is 0 Å². The van der Waals surface area contributed by atoms with E-state index in [1.807, 2.05) is 0 Å². The molecule has 3 rings (SSSR count). The van der Waals surface area contributed by atoms with Crippen LogP contribution in [0.3, 0.4) is 0 Å². The summed E-state index contributed by atoms with van der Waals surface area (Å²) in [6.45, 7) is 0.393. The molecule has 1 aromatic rings. The SMILES string of the molecule is O=c1cc(C2CC2)ncn1CC1(O)CCC1. The fourth-order valence-corrected chi connectivity index (χ4v) is 2.22. The van der Waals surface area contributed by atoms with Crippen LogP contribution in [0.25, 0.3) is 0 Å². The average molecular weight is 220 g/mol. The molecule has 16 heavy (non-hydrogen) atoms. The summed E-state index contributed by atoms with van der Waals surface area (Å²) < 4.78 is 1.53. The topological polar surface area (TPSA) is 55.1 Å². The smallest absolute Gasteiger partial charge is 0.253 e. The monoisotopic (exact) mass is 220 g/mol. The van der Waals surface area contributed by atoms with Gasteiger partial charge in [0.2, 0.25) is 0 Å². The Morgan fingerprint density at radius 1 is 1.50 bits per heavy atom. The zero-order valence-electron chi connectivity index (χ0n) is 9.22. The highest BCUT2D eigenvalue weighted by molar-refractivity contribution is 5.12. The molecule has 0 amide bonds. The summed E-state index contributed by atoms with van der Waals surface area (Å²) in [5, 5.41) is 9.99. The second-order valence-corrected chi connectivity index (χ2v) is 5.13. The van der Waals surface area contributed by atoms with Gasteiger partial charge in [-0.1, -0.05) is 0 Å². The maximum absolute atomic E-state index is 11.8. The second-order valence-electron chi connectivity index (χ2n) is 5.13. The number of rotatable bonds is 3. The molecule has 1 aromatic heterocycles. The number of aliphatic hydroxyl groups is 1. The normalized spacial score (nSPS) is 22.8. The third-order valence-corrected chi connectivity index (χ3v) is 3.65. The van der Waals surface area contributed by atoms with Crippen molar-refractivity contribution in [1.29, 1.82) is 0 Å². The summed E-state index contributed by atoms with van der Waals surface area (Å²) in [6.07, 6.45) is 6.54. The highest BCUT2D eigenvalue weighted by Gasteiger charge is 2.35. The molecule has 4 heteroatoms. The van der Waals surface area contributed by atoms with Crippen LogP contribution < -0.4 is 5.56 Å². The molecule has 0 aromatic carbocycles. The zero-order valence-corrected chi connectivity index (χ0v) is 9.22. The van der Waals surface area contributed by atoms with Gasteiger partial charge in [-0.2, -0.15) is 0 Å². The van der Waals surface area contributed by atoms with Crippen molar-refractivity contribution in [2.75, 3.05) is 0 Å². The van der Waals surface area contributed by atoms with Crippen molar-refractivity contribution in [1.82, 2.24) is 9.55 Å². The Hall–Kier alpha value is -1.16. The molecule has 2 saturated carbocycles. The van der Waals surface area contributed by atoms with Crippen LogP contribution in [0.15, 0.2) is 17.2 Å². The molecular formula is C12H16N2O2. The van der Waals surface area contributed by atoms with Crippen LogP contribution in [0.5, 0.6) is 0 Å². The third kappa shape index (κ3) is 1.78. The Labute approximate surface area is 93.9 Å². The van der Waals surface area contributed by atoms with E-state index in [0.717, 1.165) is 37.8 Å². The number of nitrogens with zero attached hydrogens (tertiary/aromatic N) is 2. The van der Waals surface area contributed by atoms with Crippen LogP contribution in [-0.2, 0) is 6.54 Å². The Morgan fingerprint density at radius 3 is 2.75 bits per heavy atom. The summed E-state index contributed by atoms with van der Waals surface area (Å²) in [6, 6.07) is 1.62. The molecule has 0 unspecified atom stereocenters. The van der Waals surface area contributed by atoms with Gasteiger partial charge in [0.1, 0.15) is 0 Å². The fraction of sp³-hybridized carbons (Fsp3) is 0.667. The second kappa shape index (κ2) is 3.42. The highest BCUT2D eigenvalue weighted by atomic mass is 16.3. The first kappa shape index (κ1) is 10.0. The molecule has 2 aliphatic rings. The van der Waals surface area contributed by atoms with Crippen molar-refractivity contribution in [3.05, 3.63) is 28.4 Å². The van der Waals surface area contributed by atoms with Gasteiger partial charge >= 0.3 is 0 Å². The minimum atomic E-state index is -0.660. The molecule has 0 spiro atoms. The van der Waals surface area contributed by atoms with Gasteiger partial charge in [-0.05, 0) is 32.1 Å². The summed E-state index contributed by atoms with van der Waals surface area (Å²) in [5.41, 5.74) is 0.228. The first-order valence-electron chi connectivity index (χ1n) is 5.95. The molecule has 4 nitrogen and oxygen atoms in total. The van der Waals surface area contributed by atoms with E-state index in [1.165, 1.54) is 4.57 Å². The molecule has 0 saturated heterocycles. The van der Waals surface area contributed by atoms with E-state index in [9.17, 15) is 9.90 Å². The van der Waals surface area contributed by atoms with Gasteiger partial charge in [-0.25, -0.2) is 4.98 Å². The van der Waals surface area contributed by atoms with Gasteiger partial charge in [-0.3, -0.25) is 9.36 Å². The van der Waals surface area contributed by atoms with E-state index in [4.69, 9.17) is 0 Å². The number of hydrogen-bond acceptors (Lipinski definition) is 3. The first-order chi connectivity index (χ1) is 7.66. The van der Waals surface area contributed by atoms with Crippen molar-refractivity contribution >= 4 is 0 Å². The maximum Gasteiger partial charge on any atom is 0.253 e. The number of aromatic nitrogens is 2. The van der Waals surface area contributed by atoms with E-state index < -0.39 is 5.60 Å². The molecule has 1 heterocycles. The highest BCUT2D eigenvalue weighted by Crippen LogP contribution is 2.38. The summed E-state index contributed by atoms with van der Waals surface area (Å²) >= 11 is 0. The summed E-state index contributed by atoms with van der Waals surface area (Å²) in [7, 11) is 0. The molecule has 86 valence electrons. The van der Waals surface area contributed by atoms with E-state index in [1.54, 1.807) is 12.4 Å². The Morgan fingerprint density at radius 2 is 2.25 bits per heavy atom. The lowest BCUT2D eigenvalue weighted by atomic mass is 9.80. The lowest BCUT2D eigenvalue weighted by molar-refractivity contribution is -0.0482. The third-order valence-electron chi connectivity index (χ3n) is 3.65. The Kier molecular flexibility index (Phi) is 2.14. The van der Waals surface area contributed by atoms with E-state index in [0.29, 0.717) is 12.5 Å². The minimum Gasteiger partial charge on any atom is -0.388 e. The summed E-state index contributed by atoms with van der Waals surface area (Å²) in [5.74, 6) is 0.508. The fourth-order valence-electron chi connectivity index (χ4n) is 2.22. The van der Waals surface area contributed by atoms with Crippen LogP contribution in [-0.4, -0.2) is 20.3 Å². The minimum absolute atomic E-state index is 0.0303. The van der Waals surface area contributed by atoms with Crippen LogP contribution in [0.2, 0.25) is 0 Å². The van der Waals surface area contributed by atoms with E-state index in [-0.39, 0.29) is 5.56 Å². The van der Waals surface area contributed by atoms with Crippen molar-refractivity contribution < 1.29 is 5.11 Å². The summed E-state index contributed by atoms with van der Waals surface area (Å²) in [4.78, 5) is 16.1. The molecule has 0 atom stereocenters. The molecule has 0 aliphatic heterocycles. The lowest BCUT2D eigenvalue weighted by Gasteiger charge is -2.36. The average Bonchev–Trinajstić information content (AvgIpc) is 3.02.